The first kappa shape index (κ1) is 34.1. The van der Waals surface area contributed by atoms with Gasteiger partial charge in [-0.25, -0.2) is 9.59 Å². The molecule has 0 aliphatic rings. The number of non-ortho nitro benzene ring substituents is 1. The summed E-state index contributed by atoms with van der Waals surface area (Å²) in [6, 6.07) is 24.7. The maximum atomic E-state index is 13.7. The van der Waals surface area contributed by atoms with E-state index in [4.69, 9.17) is 19.8 Å². The summed E-state index contributed by atoms with van der Waals surface area (Å²) >= 11 is 0. The number of para-hydroxylation sites is 1. The number of carboxylic acids is 2. The van der Waals surface area contributed by atoms with Gasteiger partial charge >= 0.3 is 11.9 Å². The van der Waals surface area contributed by atoms with Crippen LogP contribution in [0, 0.1) is 10.1 Å². The van der Waals surface area contributed by atoms with Gasteiger partial charge in [0.25, 0.3) is 11.6 Å². The van der Waals surface area contributed by atoms with E-state index in [0.29, 0.717) is 25.1 Å². The molecule has 12 nitrogen and oxygen atoms in total. The predicted molar refractivity (Wildman–Crippen MR) is 161 cm³/mol. The van der Waals surface area contributed by atoms with E-state index in [0.717, 1.165) is 30.9 Å². The second-order valence-corrected chi connectivity index (χ2v) is 9.32. The van der Waals surface area contributed by atoms with Crippen LogP contribution in [-0.2, 0) is 20.9 Å². The SMILES string of the molecule is CCN(CC)CCCN(CC(=O)N(Cc1ccccc1)c1ccccc1)C(=O)c1ccc([N+](=O)[O-])cc1.O=C(O)C(=O)O. The van der Waals surface area contributed by atoms with Crippen molar-refractivity contribution in [2.45, 2.75) is 26.8 Å². The minimum atomic E-state index is -1.82. The van der Waals surface area contributed by atoms with E-state index in [2.05, 4.69) is 18.7 Å². The number of nitro groups is 1. The van der Waals surface area contributed by atoms with Crippen molar-refractivity contribution in [3.05, 3.63) is 106 Å². The number of nitrogens with zero attached hydrogens (tertiary/aromatic N) is 4. The van der Waals surface area contributed by atoms with E-state index < -0.39 is 16.9 Å². The molecule has 0 unspecified atom stereocenters. The third-order valence-electron chi connectivity index (χ3n) is 6.47. The maximum Gasteiger partial charge on any atom is 0.414 e. The second-order valence-electron chi connectivity index (χ2n) is 9.32. The van der Waals surface area contributed by atoms with Crippen LogP contribution in [0.5, 0.6) is 0 Å². The van der Waals surface area contributed by atoms with Crippen molar-refractivity contribution in [1.29, 1.82) is 0 Å². The summed E-state index contributed by atoms with van der Waals surface area (Å²) in [5, 5.41) is 25.8. The van der Waals surface area contributed by atoms with Crippen molar-refractivity contribution in [2.75, 3.05) is 37.6 Å². The van der Waals surface area contributed by atoms with Crippen LogP contribution in [0.25, 0.3) is 0 Å². The van der Waals surface area contributed by atoms with Crippen LogP contribution in [0.4, 0.5) is 11.4 Å². The zero-order valence-electron chi connectivity index (χ0n) is 24.2. The molecule has 0 radical (unpaired) electrons. The summed E-state index contributed by atoms with van der Waals surface area (Å²) in [4.78, 5) is 61.4. The minimum Gasteiger partial charge on any atom is -0.473 e. The smallest absolute Gasteiger partial charge is 0.414 e. The highest BCUT2D eigenvalue weighted by Crippen LogP contribution is 2.19. The molecule has 3 aromatic carbocycles. The van der Waals surface area contributed by atoms with Crippen LogP contribution in [0.3, 0.4) is 0 Å². The molecule has 2 amide bonds. The molecule has 2 N–H and O–H groups in total. The van der Waals surface area contributed by atoms with Gasteiger partial charge in [-0.1, -0.05) is 62.4 Å². The van der Waals surface area contributed by atoms with Crippen molar-refractivity contribution in [3.63, 3.8) is 0 Å². The molecule has 0 fully saturated rings. The first-order chi connectivity index (χ1) is 20.6. The van der Waals surface area contributed by atoms with Gasteiger partial charge < -0.3 is 24.9 Å². The van der Waals surface area contributed by atoms with E-state index in [9.17, 15) is 19.7 Å². The lowest BCUT2D eigenvalue weighted by atomic mass is 10.1. The fraction of sp³-hybridized carbons (Fsp3) is 0.290. The quantitative estimate of drug-likeness (QED) is 0.169. The molecule has 43 heavy (non-hydrogen) atoms. The Morgan fingerprint density at radius 1 is 0.767 bits per heavy atom. The van der Waals surface area contributed by atoms with Gasteiger partial charge in [-0.2, -0.15) is 0 Å². The minimum absolute atomic E-state index is 0.0844. The molecule has 12 heteroatoms. The van der Waals surface area contributed by atoms with Crippen LogP contribution in [0.15, 0.2) is 84.9 Å². The molecule has 228 valence electrons. The molecule has 3 aromatic rings. The number of nitro benzene ring substituents is 1. The number of aliphatic carboxylic acids is 2. The molecule has 0 saturated carbocycles. The fourth-order valence-electron chi connectivity index (χ4n) is 4.13. The molecule has 0 aromatic heterocycles. The number of amides is 2. The first-order valence-electron chi connectivity index (χ1n) is 13.7. The summed E-state index contributed by atoms with van der Waals surface area (Å²) in [5.74, 6) is -4.17. The molecule has 0 atom stereocenters. The zero-order chi connectivity index (χ0) is 31.8. The van der Waals surface area contributed by atoms with Crippen LogP contribution in [0.2, 0.25) is 0 Å². The summed E-state index contributed by atoms with van der Waals surface area (Å²) in [6.45, 7) is 7.47. The normalized spacial score (nSPS) is 10.3. The number of carboxylic acid groups (broad SMARTS) is 2. The number of rotatable bonds is 13. The lowest BCUT2D eigenvalue weighted by Gasteiger charge is -2.29. The number of carbonyl (C=O) groups excluding carboxylic acids is 2. The van der Waals surface area contributed by atoms with Gasteiger partial charge in [-0.05, 0) is 55.9 Å². The summed E-state index contributed by atoms with van der Waals surface area (Å²) in [6.07, 6.45) is 0.706. The van der Waals surface area contributed by atoms with Gasteiger partial charge in [0.15, 0.2) is 0 Å². The third kappa shape index (κ3) is 11.4. The lowest BCUT2D eigenvalue weighted by molar-refractivity contribution is -0.384. The van der Waals surface area contributed by atoms with Gasteiger partial charge in [-0.3, -0.25) is 19.7 Å². The molecule has 3 rings (SSSR count). The summed E-state index contributed by atoms with van der Waals surface area (Å²) in [7, 11) is 0. The van der Waals surface area contributed by atoms with Gasteiger partial charge in [0, 0.05) is 29.9 Å². The monoisotopic (exact) mass is 592 g/mol. The van der Waals surface area contributed by atoms with Crippen molar-refractivity contribution >= 4 is 35.1 Å². The number of hydrogen-bond donors (Lipinski definition) is 2. The summed E-state index contributed by atoms with van der Waals surface area (Å²) in [5.41, 5.74) is 1.96. The number of carbonyl (C=O) groups is 4. The Labute approximate surface area is 249 Å². The average Bonchev–Trinajstić information content (AvgIpc) is 3.02. The highest BCUT2D eigenvalue weighted by atomic mass is 16.6. The Kier molecular flexibility index (Phi) is 14.0. The molecule has 0 aliphatic carbocycles. The topological polar surface area (TPSA) is 162 Å². The third-order valence-corrected chi connectivity index (χ3v) is 6.47. The Hall–Kier alpha value is -5.10. The molecule has 0 aliphatic heterocycles. The highest BCUT2D eigenvalue weighted by Gasteiger charge is 2.24. The van der Waals surface area contributed by atoms with E-state index in [1.807, 2.05) is 60.7 Å². The van der Waals surface area contributed by atoms with Crippen molar-refractivity contribution < 1.29 is 34.3 Å². The van der Waals surface area contributed by atoms with Crippen molar-refractivity contribution in [3.8, 4) is 0 Å². The van der Waals surface area contributed by atoms with Crippen molar-refractivity contribution in [2.24, 2.45) is 0 Å². The van der Waals surface area contributed by atoms with E-state index >= 15 is 0 Å². The largest absolute Gasteiger partial charge is 0.473 e. The maximum absolute atomic E-state index is 13.7. The van der Waals surface area contributed by atoms with Gasteiger partial charge in [0.2, 0.25) is 5.91 Å². The lowest BCUT2D eigenvalue weighted by Crippen LogP contribution is -2.44. The Morgan fingerprint density at radius 3 is 1.79 bits per heavy atom. The molecular formula is C31H36N4O8. The molecular weight excluding hydrogens is 556 g/mol. The summed E-state index contributed by atoms with van der Waals surface area (Å²) < 4.78 is 0. The Bertz CT molecular complexity index is 1340. The van der Waals surface area contributed by atoms with Crippen LogP contribution in [0.1, 0.15) is 36.2 Å². The molecule has 0 spiro atoms. The Balaban J connectivity index is 0.000000973. The predicted octanol–water partition coefficient (Wildman–Crippen LogP) is 4.16. The highest BCUT2D eigenvalue weighted by molar-refractivity contribution is 6.27. The van der Waals surface area contributed by atoms with E-state index in [1.165, 1.54) is 24.3 Å². The average molecular weight is 593 g/mol. The molecule has 0 heterocycles. The van der Waals surface area contributed by atoms with E-state index in [1.54, 1.807) is 9.80 Å². The first-order valence-corrected chi connectivity index (χ1v) is 13.7. The molecule has 0 bridgehead atoms. The molecule has 0 saturated heterocycles. The Morgan fingerprint density at radius 2 is 1.30 bits per heavy atom. The van der Waals surface area contributed by atoms with Gasteiger partial charge in [0.05, 0.1) is 11.5 Å². The fourth-order valence-corrected chi connectivity index (χ4v) is 4.13. The van der Waals surface area contributed by atoms with Crippen molar-refractivity contribution in [1.82, 2.24) is 9.80 Å². The van der Waals surface area contributed by atoms with Crippen LogP contribution in [-0.4, -0.2) is 81.4 Å². The zero-order valence-corrected chi connectivity index (χ0v) is 24.2. The number of benzene rings is 3. The number of anilines is 1. The number of hydrogen-bond acceptors (Lipinski definition) is 7. The standard InChI is InChI=1S/C29H34N4O4.C2H2O4/c1-3-30(4-2)20-11-21-31(29(35)25-16-18-27(19-17-25)33(36)37)23-28(34)32(26-14-9-6-10-15-26)22-24-12-7-5-8-13-24;3-1(4)2(5)6/h5-10,12-19H,3-4,11,20-23H2,1-2H3;(H,3,4)(H,5,6). The van der Waals surface area contributed by atoms with Crippen LogP contribution >= 0.6 is 0 Å². The second kappa shape index (κ2) is 17.7. The van der Waals surface area contributed by atoms with Crippen LogP contribution < -0.4 is 4.90 Å². The van der Waals surface area contributed by atoms with Gasteiger partial charge in [-0.15, -0.1) is 0 Å². The van der Waals surface area contributed by atoms with Gasteiger partial charge in [0.1, 0.15) is 6.54 Å². The van der Waals surface area contributed by atoms with E-state index in [-0.39, 0.29) is 24.0 Å².